The van der Waals surface area contributed by atoms with E-state index in [-0.39, 0.29) is 17.8 Å². The molecule has 0 bridgehead atoms. The molecule has 1 aromatic rings. The number of aryl methyl sites for hydroxylation is 1. The highest BCUT2D eigenvalue weighted by molar-refractivity contribution is 5.95. The summed E-state index contributed by atoms with van der Waals surface area (Å²) in [6.07, 6.45) is 0. The Kier molecular flexibility index (Phi) is 7.25. The summed E-state index contributed by atoms with van der Waals surface area (Å²) in [5, 5.41) is 2.89. The van der Waals surface area contributed by atoms with E-state index in [4.69, 9.17) is 0 Å². The molecule has 102 valence electrons. The van der Waals surface area contributed by atoms with Gasteiger partial charge in [0, 0.05) is 11.6 Å². The largest absolute Gasteiger partial charge is 0.349 e. The first-order chi connectivity index (χ1) is 8.41. The van der Waals surface area contributed by atoms with E-state index in [0.717, 1.165) is 0 Å². The van der Waals surface area contributed by atoms with E-state index in [1.165, 1.54) is 18.2 Å². The molecule has 3 heteroatoms. The Bertz CT molecular complexity index is 388. The van der Waals surface area contributed by atoms with Crippen LogP contribution < -0.4 is 5.32 Å². The van der Waals surface area contributed by atoms with Gasteiger partial charge in [0.05, 0.1) is 0 Å². The van der Waals surface area contributed by atoms with Crippen LogP contribution in [-0.2, 0) is 0 Å². The van der Waals surface area contributed by atoms with Gasteiger partial charge in [-0.2, -0.15) is 0 Å². The van der Waals surface area contributed by atoms with Gasteiger partial charge in [0.2, 0.25) is 0 Å². The second kappa shape index (κ2) is 7.85. The van der Waals surface area contributed by atoms with Crippen LogP contribution in [0.2, 0.25) is 0 Å². The molecule has 0 aliphatic heterocycles. The first kappa shape index (κ1) is 16.6. The van der Waals surface area contributed by atoms with Crippen LogP contribution in [0.1, 0.15) is 50.5 Å². The number of hydrogen-bond acceptors (Lipinski definition) is 1. The molecule has 1 N–H and O–H groups in total. The number of nitrogens with one attached hydrogen (secondary N) is 1. The summed E-state index contributed by atoms with van der Waals surface area (Å²) < 4.78 is 12.9. The van der Waals surface area contributed by atoms with Gasteiger partial charge in [-0.15, -0.1) is 0 Å². The van der Waals surface area contributed by atoms with Crippen molar-refractivity contribution < 1.29 is 9.18 Å². The Labute approximate surface area is 110 Å². The highest BCUT2D eigenvalue weighted by Crippen LogP contribution is 2.11. The molecule has 0 saturated carbocycles. The third-order valence-electron chi connectivity index (χ3n) is 2.79. The Balaban J connectivity index is 0.00000137. The lowest BCUT2D eigenvalue weighted by Gasteiger charge is -2.18. The molecule has 18 heavy (non-hydrogen) atoms. The van der Waals surface area contributed by atoms with Gasteiger partial charge in [0.15, 0.2) is 0 Å². The first-order valence-corrected chi connectivity index (χ1v) is 6.49. The molecule has 0 radical (unpaired) electrons. The minimum Gasteiger partial charge on any atom is -0.349 e. The van der Waals surface area contributed by atoms with Crippen LogP contribution in [0.25, 0.3) is 0 Å². The lowest BCUT2D eigenvalue weighted by molar-refractivity contribution is 0.0930. The van der Waals surface area contributed by atoms with Crippen molar-refractivity contribution in [2.45, 2.75) is 47.6 Å². The number of halogens is 1. The zero-order valence-corrected chi connectivity index (χ0v) is 12.2. The van der Waals surface area contributed by atoms with Gasteiger partial charge in [-0.05, 0) is 43.5 Å². The van der Waals surface area contributed by atoms with E-state index >= 15 is 0 Å². The Morgan fingerprint density at radius 1 is 1.22 bits per heavy atom. The molecular formula is C15H24FNO. The molecule has 0 fully saturated rings. The number of amides is 1. The van der Waals surface area contributed by atoms with Gasteiger partial charge in [-0.1, -0.05) is 27.7 Å². The van der Waals surface area contributed by atoms with Crippen LogP contribution in [0.15, 0.2) is 18.2 Å². The molecule has 2 nitrogen and oxygen atoms in total. The molecular weight excluding hydrogens is 229 g/mol. The fourth-order valence-corrected chi connectivity index (χ4v) is 1.33. The van der Waals surface area contributed by atoms with Crippen LogP contribution in [-0.4, -0.2) is 11.9 Å². The topological polar surface area (TPSA) is 29.1 Å². The van der Waals surface area contributed by atoms with Gasteiger partial charge in [-0.25, -0.2) is 4.39 Å². The van der Waals surface area contributed by atoms with Crippen LogP contribution >= 0.6 is 0 Å². The monoisotopic (exact) mass is 253 g/mol. The van der Waals surface area contributed by atoms with Crippen molar-refractivity contribution in [1.82, 2.24) is 5.32 Å². The zero-order valence-electron chi connectivity index (χ0n) is 12.2. The van der Waals surface area contributed by atoms with E-state index < -0.39 is 0 Å². The van der Waals surface area contributed by atoms with E-state index in [1.54, 1.807) is 6.92 Å². The minimum atomic E-state index is -0.314. The fraction of sp³-hybridized carbons (Fsp3) is 0.533. The molecule has 1 rings (SSSR count). The van der Waals surface area contributed by atoms with Gasteiger partial charge in [0.25, 0.3) is 5.91 Å². The highest BCUT2D eigenvalue weighted by Gasteiger charge is 2.14. The standard InChI is InChI=1S/C13H18FNO.C2H6/c1-8(2)10(4)15-13(16)12-6-5-11(14)7-9(12)3;1-2/h5-8,10H,1-4H3,(H,15,16);1-2H3. The summed E-state index contributed by atoms with van der Waals surface area (Å²) in [6, 6.07) is 4.31. The first-order valence-electron chi connectivity index (χ1n) is 6.49. The summed E-state index contributed by atoms with van der Waals surface area (Å²) in [7, 11) is 0. The molecule has 1 unspecified atom stereocenters. The van der Waals surface area contributed by atoms with E-state index in [2.05, 4.69) is 5.32 Å². The average Bonchev–Trinajstić information content (AvgIpc) is 2.31. The molecule has 0 heterocycles. The Morgan fingerprint density at radius 2 is 1.78 bits per heavy atom. The van der Waals surface area contributed by atoms with Crippen molar-refractivity contribution >= 4 is 5.91 Å². The third kappa shape index (κ3) is 4.86. The van der Waals surface area contributed by atoms with Crippen molar-refractivity contribution in [3.05, 3.63) is 35.1 Å². The lowest BCUT2D eigenvalue weighted by Crippen LogP contribution is -2.36. The second-order valence-electron chi connectivity index (χ2n) is 4.47. The van der Waals surface area contributed by atoms with Crippen molar-refractivity contribution in [2.75, 3.05) is 0 Å². The fourth-order valence-electron chi connectivity index (χ4n) is 1.33. The number of rotatable bonds is 3. The van der Waals surface area contributed by atoms with Crippen LogP contribution in [0, 0.1) is 18.7 Å². The molecule has 1 amide bonds. The SMILES string of the molecule is CC.Cc1cc(F)ccc1C(=O)NC(C)C(C)C. The Hall–Kier alpha value is -1.38. The van der Waals surface area contributed by atoms with Crippen LogP contribution in [0.4, 0.5) is 4.39 Å². The van der Waals surface area contributed by atoms with E-state index in [1.807, 2.05) is 34.6 Å². The summed E-state index contributed by atoms with van der Waals surface area (Å²) >= 11 is 0. The Morgan fingerprint density at radius 3 is 2.22 bits per heavy atom. The summed E-state index contributed by atoms with van der Waals surface area (Å²) in [6.45, 7) is 11.8. The van der Waals surface area contributed by atoms with E-state index in [9.17, 15) is 9.18 Å². The van der Waals surface area contributed by atoms with Crippen molar-refractivity contribution in [1.29, 1.82) is 0 Å². The average molecular weight is 253 g/mol. The van der Waals surface area contributed by atoms with Gasteiger partial charge in [-0.3, -0.25) is 4.79 Å². The number of benzene rings is 1. The van der Waals surface area contributed by atoms with Crippen LogP contribution in [0.5, 0.6) is 0 Å². The van der Waals surface area contributed by atoms with E-state index in [0.29, 0.717) is 17.0 Å². The van der Waals surface area contributed by atoms with Gasteiger partial charge >= 0.3 is 0 Å². The van der Waals surface area contributed by atoms with Crippen LogP contribution in [0.3, 0.4) is 0 Å². The molecule has 0 aliphatic rings. The van der Waals surface area contributed by atoms with Crippen molar-refractivity contribution in [3.8, 4) is 0 Å². The minimum absolute atomic E-state index is 0.108. The molecule has 1 atom stereocenters. The number of hydrogen-bond donors (Lipinski definition) is 1. The summed E-state index contributed by atoms with van der Waals surface area (Å²) in [4.78, 5) is 11.9. The zero-order chi connectivity index (χ0) is 14.3. The second-order valence-corrected chi connectivity index (χ2v) is 4.47. The van der Waals surface area contributed by atoms with Gasteiger partial charge in [0.1, 0.15) is 5.82 Å². The van der Waals surface area contributed by atoms with Crippen molar-refractivity contribution in [2.24, 2.45) is 5.92 Å². The number of carbonyl (C=O) groups is 1. The summed E-state index contributed by atoms with van der Waals surface area (Å²) in [5.41, 5.74) is 1.20. The maximum Gasteiger partial charge on any atom is 0.251 e. The molecule has 0 aliphatic carbocycles. The molecule has 0 saturated heterocycles. The normalized spacial score (nSPS) is 11.6. The predicted molar refractivity (Wildman–Crippen MR) is 74.3 cm³/mol. The number of carbonyl (C=O) groups excluding carboxylic acids is 1. The van der Waals surface area contributed by atoms with Gasteiger partial charge < -0.3 is 5.32 Å². The molecule has 0 spiro atoms. The lowest BCUT2D eigenvalue weighted by atomic mass is 10.0. The third-order valence-corrected chi connectivity index (χ3v) is 2.79. The quantitative estimate of drug-likeness (QED) is 0.868. The maximum absolute atomic E-state index is 12.9. The predicted octanol–water partition coefficient (Wildman–Crippen LogP) is 3.93. The molecule has 0 aromatic heterocycles. The maximum atomic E-state index is 12.9. The van der Waals surface area contributed by atoms with Crippen molar-refractivity contribution in [3.63, 3.8) is 0 Å². The smallest absolute Gasteiger partial charge is 0.251 e. The highest BCUT2D eigenvalue weighted by atomic mass is 19.1. The molecule has 1 aromatic carbocycles. The summed E-state index contributed by atoms with van der Waals surface area (Å²) in [5.74, 6) is -0.0747.